The first-order chi connectivity index (χ1) is 18.3. The molecule has 2 aromatic heterocycles. The molecule has 0 aliphatic carbocycles. The molecule has 0 unspecified atom stereocenters. The van der Waals surface area contributed by atoms with Gasteiger partial charge >= 0.3 is 5.76 Å². The average molecular weight is 564 g/mol. The number of nitrogens with one attached hydrogen (secondary N) is 1. The van der Waals surface area contributed by atoms with Gasteiger partial charge in [0.05, 0.1) is 35.4 Å². The van der Waals surface area contributed by atoms with Gasteiger partial charge in [0.25, 0.3) is 5.92 Å². The summed E-state index contributed by atoms with van der Waals surface area (Å²) in [5.41, 5.74) is 1.76. The maximum absolute atomic E-state index is 14.2. The molecule has 2 heterocycles. The molecule has 0 spiro atoms. The van der Waals surface area contributed by atoms with Crippen molar-refractivity contribution in [3.8, 4) is 27.7 Å². The fourth-order valence-electron chi connectivity index (χ4n) is 3.46. The summed E-state index contributed by atoms with van der Waals surface area (Å²) in [4.78, 5) is 19.2. The van der Waals surface area contributed by atoms with Crippen LogP contribution in [0.4, 0.5) is 8.78 Å². The quantitative estimate of drug-likeness (QED) is 0.161. The number of aromatic amines is 1. The molecule has 0 saturated carbocycles. The first kappa shape index (κ1) is 27.6. The minimum atomic E-state index is -3.05. The van der Waals surface area contributed by atoms with Crippen LogP contribution in [0.15, 0.2) is 63.9 Å². The van der Waals surface area contributed by atoms with Crippen molar-refractivity contribution >= 4 is 22.9 Å². The first-order valence-corrected chi connectivity index (χ1v) is 12.7. The van der Waals surface area contributed by atoms with Gasteiger partial charge < -0.3 is 14.2 Å². The Morgan fingerprint density at radius 3 is 2.61 bits per heavy atom. The highest BCUT2D eigenvalue weighted by molar-refractivity contribution is 7.15. The molecule has 0 aliphatic rings. The number of hydrogen-bond donors (Lipinski definition) is 1. The molecule has 0 saturated heterocycles. The van der Waals surface area contributed by atoms with E-state index in [2.05, 4.69) is 19.6 Å². The highest BCUT2D eigenvalue weighted by Gasteiger charge is 2.27. The van der Waals surface area contributed by atoms with Gasteiger partial charge in [-0.25, -0.2) is 9.78 Å². The second-order valence-electron chi connectivity index (χ2n) is 8.01. The fourth-order valence-corrected chi connectivity index (χ4v) is 4.70. The molecule has 4 aromatic rings. The Bertz CT molecular complexity index is 1450. The van der Waals surface area contributed by atoms with E-state index >= 15 is 0 Å². The van der Waals surface area contributed by atoms with Crippen LogP contribution in [0.2, 0.25) is 5.02 Å². The molecule has 0 atom stereocenters. The van der Waals surface area contributed by atoms with Crippen LogP contribution in [0.3, 0.4) is 0 Å². The van der Waals surface area contributed by atoms with Gasteiger partial charge in [-0.15, -0.1) is 11.3 Å². The Morgan fingerprint density at radius 1 is 1.16 bits per heavy atom. The minimum Gasteiger partial charge on any atom is -0.488 e. The standard InChI is InChI=1S/C26H24ClF2N3O5S/c1-3-10-26(28,29)17-6-4-16(5-7-17)24-30-21(14-35-12-11-34-2)22(38-24)15-36-18-8-9-19(20(27)13-18)23-31-25(33)37-32-23/h3-10,13H,11-12,14-15H2,1-2H3,(H,31,32,33)/b10-3+. The van der Waals surface area contributed by atoms with E-state index in [-0.39, 0.29) is 24.6 Å². The lowest BCUT2D eigenvalue weighted by molar-refractivity contribution is 0.0520. The maximum Gasteiger partial charge on any atom is 0.439 e. The summed E-state index contributed by atoms with van der Waals surface area (Å²) in [7, 11) is 1.59. The number of nitrogens with zero attached hydrogens (tertiary/aromatic N) is 2. The van der Waals surface area contributed by atoms with Gasteiger partial charge in [0.1, 0.15) is 17.4 Å². The van der Waals surface area contributed by atoms with Crippen molar-refractivity contribution in [1.82, 2.24) is 15.1 Å². The summed E-state index contributed by atoms with van der Waals surface area (Å²) >= 11 is 7.73. The van der Waals surface area contributed by atoms with Gasteiger partial charge in [-0.1, -0.05) is 47.1 Å². The summed E-state index contributed by atoms with van der Waals surface area (Å²) in [6.07, 6.45) is 2.19. The van der Waals surface area contributed by atoms with E-state index in [4.69, 9.17) is 25.8 Å². The number of methoxy groups -OCH3 is 1. The number of rotatable bonds is 12. The van der Waals surface area contributed by atoms with Gasteiger partial charge in [-0.2, -0.15) is 8.78 Å². The van der Waals surface area contributed by atoms with Crippen LogP contribution in [0.1, 0.15) is 23.1 Å². The Morgan fingerprint density at radius 2 is 1.95 bits per heavy atom. The second-order valence-corrected chi connectivity index (χ2v) is 9.50. The molecule has 2 aromatic carbocycles. The van der Waals surface area contributed by atoms with Gasteiger partial charge in [-0.3, -0.25) is 9.51 Å². The predicted octanol–water partition coefficient (Wildman–Crippen LogP) is 6.22. The van der Waals surface area contributed by atoms with Gasteiger partial charge in [0.2, 0.25) is 0 Å². The average Bonchev–Trinajstić information content (AvgIpc) is 3.51. The van der Waals surface area contributed by atoms with Crippen molar-refractivity contribution in [3.05, 3.63) is 86.3 Å². The van der Waals surface area contributed by atoms with Crippen molar-refractivity contribution in [1.29, 1.82) is 0 Å². The Balaban J connectivity index is 1.53. The molecule has 8 nitrogen and oxygen atoms in total. The second kappa shape index (κ2) is 12.4. The Labute approximate surface area is 225 Å². The molecule has 12 heteroatoms. The van der Waals surface area contributed by atoms with Crippen molar-refractivity contribution in [2.45, 2.75) is 26.1 Å². The van der Waals surface area contributed by atoms with E-state index < -0.39 is 11.7 Å². The summed E-state index contributed by atoms with van der Waals surface area (Å²) in [5, 5.41) is 4.61. The molecule has 1 N–H and O–H groups in total. The van der Waals surface area contributed by atoms with Gasteiger partial charge in [-0.05, 0) is 31.2 Å². The monoisotopic (exact) mass is 563 g/mol. The molecule has 0 radical (unpaired) electrons. The molecular formula is C26H24ClF2N3O5S. The van der Waals surface area contributed by atoms with E-state index in [9.17, 15) is 13.6 Å². The highest BCUT2D eigenvalue weighted by Crippen LogP contribution is 2.34. The van der Waals surface area contributed by atoms with Crippen LogP contribution in [-0.2, 0) is 28.6 Å². The van der Waals surface area contributed by atoms with E-state index in [0.29, 0.717) is 45.8 Å². The zero-order chi connectivity index (χ0) is 27.1. The largest absolute Gasteiger partial charge is 0.488 e. The number of ether oxygens (including phenoxy) is 3. The van der Waals surface area contributed by atoms with E-state index in [1.54, 1.807) is 44.4 Å². The molecule has 200 valence electrons. The summed E-state index contributed by atoms with van der Waals surface area (Å²) in [6, 6.07) is 11.0. The van der Waals surface area contributed by atoms with E-state index in [1.165, 1.54) is 29.5 Å². The number of aromatic nitrogens is 3. The topological polar surface area (TPSA) is 99.5 Å². The Hall–Kier alpha value is -3.38. The number of halogens is 3. The zero-order valence-electron chi connectivity index (χ0n) is 20.5. The van der Waals surface area contributed by atoms with Crippen molar-refractivity contribution in [2.24, 2.45) is 0 Å². The molecule has 0 amide bonds. The SMILES string of the molecule is C/C=C/C(F)(F)c1ccc(-c2nc(COCCOC)c(COc3ccc(-c4noc(=O)[nH]4)c(Cl)c3)s2)cc1. The molecule has 0 fully saturated rings. The number of thiazole rings is 1. The minimum absolute atomic E-state index is 0.0994. The molecule has 0 aliphatic heterocycles. The lowest BCUT2D eigenvalue weighted by Gasteiger charge is -2.12. The third kappa shape index (κ3) is 6.73. The van der Waals surface area contributed by atoms with Crippen LogP contribution >= 0.6 is 22.9 Å². The predicted molar refractivity (Wildman–Crippen MR) is 140 cm³/mol. The summed E-state index contributed by atoms with van der Waals surface area (Å²) in [6.45, 7) is 2.79. The fraction of sp³-hybridized carbons (Fsp3) is 0.269. The van der Waals surface area contributed by atoms with Crippen LogP contribution < -0.4 is 10.5 Å². The number of alkyl halides is 2. The summed E-state index contributed by atoms with van der Waals surface area (Å²) < 4.78 is 49.6. The number of benzene rings is 2. The van der Waals surface area contributed by atoms with E-state index in [1.807, 2.05) is 0 Å². The lowest BCUT2D eigenvalue weighted by atomic mass is 10.1. The van der Waals surface area contributed by atoms with Gasteiger partial charge in [0, 0.05) is 23.8 Å². The van der Waals surface area contributed by atoms with Crippen LogP contribution in [0.5, 0.6) is 5.75 Å². The lowest BCUT2D eigenvalue weighted by Crippen LogP contribution is -2.08. The number of hydrogen-bond acceptors (Lipinski definition) is 8. The molecular weight excluding hydrogens is 540 g/mol. The molecule has 4 rings (SSSR count). The van der Waals surface area contributed by atoms with Crippen molar-refractivity contribution < 1.29 is 27.5 Å². The van der Waals surface area contributed by atoms with Crippen LogP contribution in [0.25, 0.3) is 22.0 Å². The van der Waals surface area contributed by atoms with E-state index in [0.717, 1.165) is 11.0 Å². The Kier molecular flexibility index (Phi) is 9.05. The highest BCUT2D eigenvalue weighted by atomic mass is 35.5. The number of H-pyrrole nitrogens is 1. The van der Waals surface area contributed by atoms with Gasteiger partial charge in [0.15, 0.2) is 5.82 Å². The zero-order valence-corrected chi connectivity index (χ0v) is 22.1. The third-order valence-corrected chi connectivity index (χ3v) is 6.78. The number of allylic oxidation sites excluding steroid dienone is 2. The van der Waals surface area contributed by atoms with Crippen molar-refractivity contribution in [2.75, 3.05) is 20.3 Å². The third-order valence-electron chi connectivity index (χ3n) is 5.35. The maximum atomic E-state index is 14.2. The normalized spacial score (nSPS) is 11.9. The molecule has 0 bridgehead atoms. The smallest absolute Gasteiger partial charge is 0.439 e. The van der Waals surface area contributed by atoms with Crippen molar-refractivity contribution in [3.63, 3.8) is 0 Å². The van der Waals surface area contributed by atoms with Crippen LogP contribution in [-0.4, -0.2) is 35.4 Å². The van der Waals surface area contributed by atoms with Crippen LogP contribution in [0, 0.1) is 0 Å². The first-order valence-electron chi connectivity index (χ1n) is 11.5. The molecule has 38 heavy (non-hydrogen) atoms. The summed E-state index contributed by atoms with van der Waals surface area (Å²) in [5.74, 6) is -3.03.